The lowest BCUT2D eigenvalue weighted by Crippen LogP contribution is -2.30. The van der Waals surface area contributed by atoms with E-state index in [1.807, 2.05) is 13.0 Å². The predicted molar refractivity (Wildman–Crippen MR) is 132 cm³/mol. The van der Waals surface area contributed by atoms with E-state index < -0.39 is 10.2 Å². The number of hydrogen-bond donors (Lipinski definition) is 4. The molecule has 3 aromatic rings. The number of anilines is 2. The van der Waals surface area contributed by atoms with Gasteiger partial charge in [-0.3, -0.25) is 9.71 Å². The molecular formula is C24H28FN5O3S. The van der Waals surface area contributed by atoms with Crippen LogP contribution in [0.3, 0.4) is 0 Å². The molecule has 0 radical (unpaired) electrons. The average Bonchev–Trinajstić information content (AvgIpc) is 2.82. The lowest BCUT2D eigenvalue weighted by Gasteiger charge is -2.33. The molecule has 0 unspecified atom stereocenters. The molecule has 0 saturated heterocycles. The highest BCUT2D eigenvalue weighted by Gasteiger charge is 2.30. The molecule has 1 saturated carbocycles. The molecule has 0 aliphatic heterocycles. The van der Waals surface area contributed by atoms with Crippen molar-refractivity contribution in [1.82, 2.24) is 4.98 Å². The van der Waals surface area contributed by atoms with Gasteiger partial charge in [0.25, 0.3) is 10.2 Å². The number of oxime groups is 1. The molecule has 1 aromatic heterocycles. The number of pyridine rings is 1. The highest BCUT2D eigenvalue weighted by atomic mass is 32.2. The summed E-state index contributed by atoms with van der Waals surface area (Å²) in [5.41, 5.74) is 2.94. The molecule has 180 valence electrons. The number of rotatable bonds is 6. The van der Waals surface area contributed by atoms with Crippen LogP contribution in [-0.4, -0.2) is 24.4 Å². The second-order valence-electron chi connectivity index (χ2n) is 8.80. The van der Waals surface area contributed by atoms with Crippen LogP contribution in [0.4, 0.5) is 15.8 Å². The maximum absolute atomic E-state index is 13.8. The number of fused-ring (bicyclic) bond motifs is 1. The average molecular weight is 486 g/mol. The number of aromatic nitrogens is 1. The van der Waals surface area contributed by atoms with Crippen LogP contribution in [0.15, 0.2) is 59.9 Å². The van der Waals surface area contributed by atoms with E-state index in [0.717, 1.165) is 42.1 Å². The van der Waals surface area contributed by atoms with Crippen molar-refractivity contribution in [2.75, 3.05) is 10.0 Å². The lowest BCUT2D eigenvalue weighted by atomic mass is 9.73. The highest BCUT2D eigenvalue weighted by Crippen LogP contribution is 2.41. The first kappa shape index (κ1) is 23.9. The summed E-state index contributed by atoms with van der Waals surface area (Å²) in [6, 6.07) is 13.2. The van der Waals surface area contributed by atoms with Crippen LogP contribution in [0, 0.1) is 17.7 Å². The van der Waals surface area contributed by atoms with Gasteiger partial charge in [0.2, 0.25) is 0 Å². The fraction of sp³-hybridized carbons (Fsp3) is 0.333. The van der Waals surface area contributed by atoms with Gasteiger partial charge in [0.15, 0.2) is 0 Å². The van der Waals surface area contributed by atoms with E-state index in [1.165, 1.54) is 6.07 Å². The topological polar surface area (TPSA) is 130 Å². The zero-order valence-corrected chi connectivity index (χ0v) is 19.6. The number of nitrogens with two attached hydrogens (primary N) is 1. The van der Waals surface area contributed by atoms with Crippen molar-refractivity contribution in [2.24, 2.45) is 22.1 Å². The third kappa shape index (κ3) is 5.63. The highest BCUT2D eigenvalue weighted by molar-refractivity contribution is 7.90. The van der Waals surface area contributed by atoms with E-state index in [4.69, 9.17) is 5.14 Å². The van der Waals surface area contributed by atoms with Crippen molar-refractivity contribution in [3.8, 4) is 0 Å². The van der Waals surface area contributed by atoms with Crippen molar-refractivity contribution in [3.63, 3.8) is 0 Å². The molecule has 8 nitrogen and oxygen atoms in total. The zero-order valence-electron chi connectivity index (χ0n) is 18.8. The molecular weight excluding hydrogens is 457 g/mol. The van der Waals surface area contributed by atoms with Gasteiger partial charge in [-0.15, -0.1) is 0 Å². The Morgan fingerprint density at radius 1 is 1.12 bits per heavy atom. The van der Waals surface area contributed by atoms with Crippen molar-refractivity contribution in [2.45, 2.75) is 38.5 Å². The Bertz CT molecular complexity index is 1290. The molecule has 0 bridgehead atoms. The first-order chi connectivity index (χ1) is 16.2. The smallest absolute Gasteiger partial charge is 0.296 e. The second-order valence-corrected chi connectivity index (χ2v) is 10.1. The lowest BCUT2D eigenvalue weighted by molar-refractivity contribution is 0.273. The summed E-state index contributed by atoms with van der Waals surface area (Å²) in [6.45, 7) is 2.03. The summed E-state index contributed by atoms with van der Waals surface area (Å²) in [5, 5.41) is 22.1. The number of nitrogens with zero attached hydrogens (tertiary/aromatic N) is 2. The van der Waals surface area contributed by atoms with Gasteiger partial charge in [0.05, 0.1) is 5.52 Å². The number of amidine groups is 1. The molecule has 0 spiro atoms. The van der Waals surface area contributed by atoms with Gasteiger partial charge in [-0.05, 0) is 91.6 Å². The first-order valence-electron chi connectivity index (χ1n) is 11.2. The minimum Gasteiger partial charge on any atom is -0.409 e. The van der Waals surface area contributed by atoms with Crippen LogP contribution in [0.5, 0.6) is 0 Å². The Morgan fingerprint density at radius 2 is 1.79 bits per heavy atom. The fourth-order valence-electron chi connectivity index (χ4n) is 4.81. The van der Waals surface area contributed by atoms with E-state index >= 15 is 0 Å². The maximum atomic E-state index is 13.8. The Balaban J connectivity index is 1.40. The van der Waals surface area contributed by atoms with Gasteiger partial charge < -0.3 is 10.5 Å². The number of nitrogens with one attached hydrogen (secondary N) is 2. The van der Waals surface area contributed by atoms with Gasteiger partial charge in [0.1, 0.15) is 11.7 Å². The van der Waals surface area contributed by atoms with Crippen molar-refractivity contribution >= 4 is 38.3 Å². The Labute approximate surface area is 198 Å². The fourth-order valence-corrected chi connectivity index (χ4v) is 5.28. The van der Waals surface area contributed by atoms with E-state index in [9.17, 15) is 18.0 Å². The largest absolute Gasteiger partial charge is 0.409 e. The van der Waals surface area contributed by atoms with E-state index in [2.05, 4.69) is 20.2 Å². The summed E-state index contributed by atoms with van der Waals surface area (Å²) in [7, 11) is -3.84. The molecule has 2 aromatic carbocycles. The van der Waals surface area contributed by atoms with Crippen LogP contribution >= 0.6 is 0 Å². The molecule has 1 fully saturated rings. The molecule has 4 rings (SSSR count). The summed E-state index contributed by atoms with van der Waals surface area (Å²) in [6.07, 6.45) is 5.59. The van der Waals surface area contributed by atoms with E-state index in [1.54, 1.807) is 42.6 Å². The minimum absolute atomic E-state index is 0.0141. The molecule has 10 heteroatoms. The molecule has 34 heavy (non-hydrogen) atoms. The van der Waals surface area contributed by atoms with Gasteiger partial charge in [-0.25, -0.2) is 9.53 Å². The number of benzene rings is 2. The van der Waals surface area contributed by atoms with Crippen LogP contribution in [0.1, 0.15) is 44.1 Å². The normalized spacial score (nSPS) is 20.1. The molecule has 1 heterocycles. The SMILES string of the molecule is C[C@H](/C(=N/O)Nc1ccc(NS(N)(=O)=O)cc1)[C@H]1CC[C@@H](c2ccnc3ccc(F)cc32)CC1. The van der Waals surface area contributed by atoms with Crippen LogP contribution < -0.4 is 15.2 Å². The van der Waals surface area contributed by atoms with Gasteiger partial charge in [0, 0.05) is 28.9 Å². The van der Waals surface area contributed by atoms with Crippen molar-refractivity contribution in [1.29, 1.82) is 0 Å². The Morgan fingerprint density at radius 3 is 2.44 bits per heavy atom. The molecule has 1 atom stereocenters. The molecule has 1 aliphatic rings. The second kappa shape index (κ2) is 9.94. The summed E-state index contributed by atoms with van der Waals surface area (Å²) in [4.78, 5) is 4.36. The summed E-state index contributed by atoms with van der Waals surface area (Å²) < 4.78 is 38.3. The summed E-state index contributed by atoms with van der Waals surface area (Å²) >= 11 is 0. The van der Waals surface area contributed by atoms with Gasteiger partial charge >= 0.3 is 0 Å². The molecule has 0 amide bonds. The Kier molecular flexibility index (Phi) is 6.99. The number of halogens is 1. The quantitative estimate of drug-likeness (QED) is 0.172. The maximum Gasteiger partial charge on any atom is 0.296 e. The monoisotopic (exact) mass is 485 g/mol. The third-order valence-electron chi connectivity index (χ3n) is 6.61. The van der Waals surface area contributed by atoms with Crippen LogP contribution in [0.2, 0.25) is 0 Å². The molecule has 5 N–H and O–H groups in total. The minimum atomic E-state index is -3.84. The van der Waals surface area contributed by atoms with E-state index in [-0.39, 0.29) is 11.7 Å². The van der Waals surface area contributed by atoms with Crippen molar-refractivity contribution in [3.05, 3.63) is 66.1 Å². The van der Waals surface area contributed by atoms with Gasteiger partial charge in [-0.1, -0.05) is 12.1 Å². The summed E-state index contributed by atoms with van der Waals surface area (Å²) in [5.74, 6) is 0.833. The first-order valence-corrected chi connectivity index (χ1v) is 12.7. The van der Waals surface area contributed by atoms with Crippen molar-refractivity contribution < 1.29 is 18.0 Å². The zero-order chi connectivity index (χ0) is 24.3. The predicted octanol–water partition coefficient (Wildman–Crippen LogP) is 4.80. The third-order valence-corrected chi connectivity index (χ3v) is 7.13. The standard InChI is InChI=1S/C24H28FN5O3S/c1-15(24(29-31)28-19-7-9-20(10-8-19)30-34(26,32)33)16-2-4-17(5-3-16)21-12-13-27-23-11-6-18(25)14-22(21)23/h6-17,30-31H,2-5H2,1H3,(H,28,29)(H2,26,32,33)/t15-,16-,17+/m0/s1. The van der Waals surface area contributed by atoms with E-state index in [0.29, 0.717) is 29.0 Å². The Hall–Kier alpha value is -3.24. The van der Waals surface area contributed by atoms with Crippen LogP contribution in [0.25, 0.3) is 10.9 Å². The number of hydrogen-bond acceptors (Lipinski definition) is 5. The van der Waals surface area contributed by atoms with Crippen LogP contribution in [-0.2, 0) is 10.2 Å². The molecule has 1 aliphatic carbocycles. The van der Waals surface area contributed by atoms with Gasteiger partial charge in [-0.2, -0.15) is 8.42 Å².